The lowest BCUT2D eigenvalue weighted by Crippen LogP contribution is -2.30. The number of rotatable bonds is 10. The number of fused-ring (bicyclic) bond motifs is 1. The smallest absolute Gasteiger partial charge is 0.319 e. The molecule has 4 rings (SSSR count). The van der Waals surface area contributed by atoms with Crippen LogP contribution in [-0.4, -0.2) is 47.4 Å². The van der Waals surface area contributed by atoms with Gasteiger partial charge >= 0.3 is 6.03 Å². The third-order valence-electron chi connectivity index (χ3n) is 6.06. The number of anilines is 1. The van der Waals surface area contributed by atoms with Crippen LogP contribution in [0.2, 0.25) is 0 Å². The molecular weight excluding hydrogens is 426 g/mol. The molecule has 2 heterocycles. The second kappa shape index (κ2) is 10.8. The minimum absolute atomic E-state index is 0.111. The average molecular weight is 458 g/mol. The zero-order valence-corrected chi connectivity index (χ0v) is 19.1. The summed E-state index contributed by atoms with van der Waals surface area (Å²) in [5, 5.41) is 5.82. The molecule has 1 fully saturated rings. The molecule has 0 saturated carbocycles. The van der Waals surface area contributed by atoms with Crippen molar-refractivity contribution >= 4 is 28.5 Å². The molecule has 1 aliphatic carbocycles. The van der Waals surface area contributed by atoms with Gasteiger partial charge in [0.2, 0.25) is 5.88 Å². The summed E-state index contributed by atoms with van der Waals surface area (Å²) in [5.74, 6) is -0.521. The quantitative estimate of drug-likeness (QED) is 0.474. The fraction of sp³-hybridized carbons (Fsp3) is 0.522. The lowest BCUT2D eigenvalue weighted by Gasteiger charge is -2.14. The molecule has 0 unspecified atom stereocenters. The van der Waals surface area contributed by atoms with Crippen LogP contribution in [0.4, 0.5) is 9.80 Å². The van der Waals surface area contributed by atoms with Gasteiger partial charge in [0.1, 0.15) is 17.2 Å². The fourth-order valence-corrected chi connectivity index (χ4v) is 5.09. The molecule has 0 radical (unpaired) electrons. The van der Waals surface area contributed by atoms with E-state index in [2.05, 4.69) is 32.0 Å². The van der Waals surface area contributed by atoms with Crippen LogP contribution in [0.3, 0.4) is 0 Å². The Morgan fingerprint density at radius 3 is 2.75 bits per heavy atom. The molecule has 0 bridgehead atoms. The Bertz CT molecular complexity index is 955. The molecule has 0 spiro atoms. The normalized spacial score (nSPS) is 15.5. The van der Waals surface area contributed by atoms with E-state index in [9.17, 15) is 9.59 Å². The van der Waals surface area contributed by atoms with Gasteiger partial charge in [0.15, 0.2) is 0 Å². The van der Waals surface area contributed by atoms with Crippen molar-refractivity contribution in [3.05, 3.63) is 40.5 Å². The second-order valence-corrected chi connectivity index (χ2v) is 9.21. The van der Waals surface area contributed by atoms with E-state index in [1.165, 1.54) is 43.5 Å². The number of nitrogens with two attached hydrogens (primary N) is 1. The molecule has 1 aliphatic heterocycles. The molecule has 9 heteroatoms. The van der Waals surface area contributed by atoms with E-state index >= 15 is 0 Å². The van der Waals surface area contributed by atoms with Crippen molar-refractivity contribution in [3.63, 3.8) is 0 Å². The highest BCUT2D eigenvalue weighted by Gasteiger charge is 2.22. The first kappa shape index (κ1) is 22.5. The number of carbonyl (C=O) groups excluding carboxylic acids is 2. The SMILES string of the molecule is NC(=O)c1c(OCc2ccc3c(c2)CCC3)nsc1NC(=O)NCCCCN1CCCC1. The lowest BCUT2D eigenvalue weighted by molar-refractivity contribution is 0.0996. The van der Waals surface area contributed by atoms with E-state index in [1.807, 2.05) is 6.07 Å². The van der Waals surface area contributed by atoms with Crippen molar-refractivity contribution in [1.29, 1.82) is 0 Å². The maximum atomic E-state index is 12.3. The topological polar surface area (TPSA) is 110 Å². The number of hydrogen-bond acceptors (Lipinski definition) is 6. The van der Waals surface area contributed by atoms with E-state index in [4.69, 9.17) is 10.5 Å². The Balaban J connectivity index is 1.26. The summed E-state index contributed by atoms with van der Waals surface area (Å²) in [7, 11) is 0. The van der Waals surface area contributed by atoms with E-state index in [0.29, 0.717) is 18.2 Å². The number of benzene rings is 1. The number of ether oxygens (including phenoxy) is 1. The lowest BCUT2D eigenvalue weighted by atomic mass is 10.1. The van der Waals surface area contributed by atoms with Crippen molar-refractivity contribution in [2.24, 2.45) is 5.73 Å². The monoisotopic (exact) mass is 457 g/mol. The van der Waals surface area contributed by atoms with Gasteiger partial charge in [0, 0.05) is 6.54 Å². The van der Waals surface area contributed by atoms with Gasteiger partial charge in [-0.3, -0.25) is 10.1 Å². The molecule has 172 valence electrons. The number of likely N-dealkylation sites (tertiary alicyclic amines) is 1. The van der Waals surface area contributed by atoms with Gasteiger partial charge in [-0.25, -0.2) is 4.79 Å². The van der Waals surface area contributed by atoms with Crippen LogP contribution >= 0.6 is 11.5 Å². The third kappa shape index (κ3) is 5.77. The summed E-state index contributed by atoms with van der Waals surface area (Å²) >= 11 is 0.994. The Hall–Kier alpha value is -2.65. The molecular formula is C23H31N5O3S. The minimum atomic E-state index is -0.677. The minimum Gasteiger partial charge on any atom is -0.472 e. The Morgan fingerprint density at radius 2 is 1.94 bits per heavy atom. The molecule has 2 aliphatic rings. The second-order valence-electron chi connectivity index (χ2n) is 8.44. The van der Waals surface area contributed by atoms with Crippen LogP contribution in [-0.2, 0) is 19.4 Å². The predicted octanol–water partition coefficient (Wildman–Crippen LogP) is 3.31. The predicted molar refractivity (Wildman–Crippen MR) is 125 cm³/mol. The number of unbranched alkanes of at least 4 members (excludes halogenated alkanes) is 1. The Kier molecular flexibility index (Phi) is 7.59. The highest BCUT2D eigenvalue weighted by molar-refractivity contribution is 7.11. The molecule has 8 nitrogen and oxygen atoms in total. The van der Waals surface area contributed by atoms with Gasteiger partial charge in [0.05, 0.1) is 0 Å². The van der Waals surface area contributed by atoms with Gasteiger partial charge in [-0.05, 0) is 92.8 Å². The standard InChI is InChI=1S/C23H31N5O3S/c24-20(29)19-21(31-15-16-8-9-17-6-5-7-18(17)14-16)27-32-22(19)26-23(30)25-10-1-2-11-28-12-3-4-13-28/h8-9,14H,1-7,10-13,15H2,(H2,24,29)(H2,25,26,30). The van der Waals surface area contributed by atoms with Gasteiger partial charge in [-0.1, -0.05) is 18.2 Å². The number of amides is 3. The zero-order valence-electron chi connectivity index (χ0n) is 18.3. The van der Waals surface area contributed by atoms with Crippen LogP contribution in [0.25, 0.3) is 0 Å². The molecule has 32 heavy (non-hydrogen) atoms. The summed E-state index contributed by atoms with van der Waals surface area (Å²) < 4.78 is 9.99. The van der Waals surface area contributed by atoms with E-state index < -0.39 is 5.91 Å². The highest BCUT2D eigenvalue weighted by atomic mass is 32.1. The van der Waals surface area contributed by atoms with Crippen LogP contribution in [0.15, 0.2) is 18.2 Å². The number of hydrogen-bond donors (Lipinski definition) is 3. The number of nitrogens with one attached hydrogen (secondary N) is 2. The molecule has 1 aromatic heterocycles. The van der Waals surface area contributed by atoms with Gasteiger partial charge < -0.3 is 20.7 Å². The maximum Gasteiger partial charge on any atom is 0.319 e. The fourth-order valence-electron chi connectivity index (χ4n) is 4.36. The number of carbonyl (C=O) groups is 2. The van der Waals surface area contributed by atoms with E-state index in [1.54, 1.807) is 0 Å². The first-order valence-electron chi connectivity index (χ1n) is 11.4. The van der Waals surface area contributed by atoms with Crippen molar-refractivity contribution in [3.8, 4) is 5.88 Å². The van der Waals surface area contributed by atoms with Gasteiger partial charge in [0.25, 0.3) is 5.91 Å². The van der Waals surface area contributed by atoms with Crippen molar-refractivity contribution in [1.82, 2.24) is 14.6 Å². The molecule has 1 saturated heterocycles. The molecule has 2 aromatic rings. The first-order valence-corrected chi connectivity index (χ1v) is 12.2. The molecule has 3 amide bonds. The summed E-state index contributed by atoms with van der Waals surface area (Å²) in [6.07, 6.45) is 7.94. The van der Waals surface area contributed by atoms with Crippen LogP contribution in [0.1, 0.15) is 59.2 Å². The molecule has 1 aromatic carbocycles. The van der Waals surface area contributed by atoms with Crippen molar-refractivity contribution in [2.45, 2.75) is 51.6 Å². The summed E-state index contributed by atoms with van der Waals surface area (Å²) in [6.45, 7) is 4.32. The first-order chi connectivity index (χ1) is 15.6. The summed E-state index contributed by atoms with van der Waals surface area (Å²) in [5.41, 5.74) is 9.44. The van der Waals surface area contributed by atoms with E-state index in [0.717, 1.165) is 49.3 Å². The number of urea groups is 1. The Labute approximate surface area is 192 Å². The highest BCUT2D eigenvalue weighted by Crippen LogP contribution is 2.31. The number of aromatic nitrogens is 1. The van der Waals surface area contributed by atoms with Gasteiger partial charge in [-0.15, -0.1) is 0 Å². The number of nitrogens with zero attached hydrogens (tertiary/aromatic N) is 2. The largest absolute Gasteiger partial charge is 0.472 e. The molecule has 4 N–H and O–H groups in total. The summed E-state index contributed by atoms with van der Waals surface area (Å²) in [4.78, 5) is 26.7. The van der Waals surface area contributed by atoms with Crippen LogP contribution in [0, 0.1) is 0 Å². The maximum absolute atomic E-state index is 12.3. The number of aryl methyl sites for hydroxylation is 2. The zero-order chi connectivity index (χ0) is 22.3. The van der Waals surface area contributed by atoms with E-state index in [-0.39, 0.29) is 17.5 Å². The van der Waals surface area contributed by atoms with Crippen molar-refractivity contribution in [2.75, 3.05) is 31.5 Å². The van der Waals surface area contributed by atoms with Gasteiger partial charge in [-0.2, -0.15) is 4.37 Å². The third-order valence-corrected chi connectivity index (χ3v) is 6.80. The van der Waals surface area contributed by atoms with Crippen molar-refractivity contribution < 1.29 is 14.3 Å². The summed E-state index contributed by atoms with van der Waals surface area (Å²) in [6, 6.07) is 5.95. The Morgan fingerprint density at radius 1 is 1.12 bits per heavy atom. The number of primary amides is 1. The molecule has 0 atom stereocenters. The van der Waals surface area contributed by atoms with Crippen LogP contribution in [0.5, 0.6) is 5.88 Å². The average Bonchev–Trinajstić information content (AvgIpc) is 3.52. The van der Waals surface area contributed by atoms with Crippen LogP contribution < -0.4 is 21.1 Å².